The molecule has 0 aliphatic rings. The largest absolute Gasteiger partial charge is 0.494 e. The van der Waals surface area contributed by atoms with Gasteiger partial charge in [-0.25, -0.2) is 0 Å². The van der Waals surface area contributed by atoms with E-state index < -0.39 is 0 Å². The number of nitrogens with two attached hydrogens (primary N) is 2. The first-order chi connectivity index (χ1) is 7.77. The van der Waals surface area contributed by atoms with Crippen LogP contribution in [0.15, 0.2) is 24.3 Å². The van der Waals surface area contributed by atoms with Crippen LogP contribution in [-0.4, -0.2) is 13.2 Å². The molecule has 1 atom stereocenters. The van der Waals surface area contributed by atoms with Gasteiger partial charge in [0, 0.05) is 12.6 Å². The third-order valence-corrected chi connectivity index (χ3v) is 2.56. The third-order valence-electron chi connectivity index (χ3n) is 2.56. The molecule has 0 amide bonds. The number of unbranched alkanes of at least 4 members (excludes halogenated alkanes) is 2. The van der Waals surface area contributed by atoms with E-state index in [1.54, 1.807) is 0 Å². The molecular formula is C13H22N2O. The van der Waals surface area contributed by atoms with Gasteiger partial charge >= 0.3 is 0 Å². The van der Waals surface area contributed by atoms with Crippen molar-refractivity contribution in [3.63, 3.8) is 0 Å². The lowest BCUT2D eigenvalue weighted by Crippen LogP contribution is -2.20. The second-order valence-electron chi connectivity index (χ2n) is 3.97. The van der Waals surface area contributed by atoms with E-state index >= 15 is 0 Å². The molecule has 0 unspecified atom stereocenters. The SMILES string of the molecule is CCCCCOc1cccc([C@H](N)CN)c1. The Hall–Kier alpha value is -1.06. The summed E-state index contributed by atoms with van der Waals surface area (Å²) >= 11 is 0. The van der Waals surface area contributed by atoms with Crippen LogP contribution < -0.4 is 16.2 Å². The minimum atomic E-state index is -0.0980. The van der Waals surface area contributed by atoms with Crippen molar-refractivity contribution in [2.24, 2.45) is 11.5 Å². The molecule has 1 rings (SSSR count). The second kappa shape index (κ2) is 7.25. The molecule has 1 aromatic rings. The second-order valence-corrected chi connectivity index (χ2v) is 3.97. The lowest BCUT2D eigenvalue weighted by molar-refractivity contribution is 0.306. The lowest BCUT2D eigenvalue weighted by atomic mass is 10.1. The summed E-state index contributed by atoms with van der Waals surface area (Å²) in [5, 5.41) is 0. The highest BCUT2D eigenvalue weighted by molar-refractivity contribution is 5.30. The average molecular weight is 222 g/mol. The lowest BCUT2D eigenvalue weighted by Gasteiger charge is -2.11. The molecule has 90 valence electrons. The van der Waals surface area contributed by atoms with Gasteiger partial charge in [0.2, 0.25) is 0 Å². The molecule has 0 aromatic heterocycles. The van der Waals surface area contributed by atoms with Crippen molar-refractivity contribution in [1.29, 1.82) is 0 Å². The van der Waals surface area contributed by atoms with Crippen molar-refractivity contribution < 1.29 is 4.74 Å². The summed E-state index contributed by atoms with van der Waals surface area (Å²) in [5.41, 5.74) is 12.4. The van der Waals surface area contributed by atoms with Gasteiger partial charge in [0.25, 0.3) is 0 Å². The zero-order valence-corrected chi connectivity index (χ0v) is 9.99. The molecule has 0 fully saturated rings. The molecular weight excluding hydrogens is 200 g/mol. The predicted molar refractivity (Wildman–Crippen MR) is 67.4 cm³/mol. The standard InChI is InChI=1S/C13H22N2O/c1-2-3-4-8-16-12-7-5-6-11(9-12)13(15)10-14/h5-7,9,13H,2-4,8,10,14-15H2,1H3/t13-/m1/s1. The Morgan fingerprint density at radius 3 is 2.81 bits per heavy atom. The van der Waals surface area contributed by atoms with E-state index in [1.165, 1.54) is 12.8 Å². The van der Waals surface area contributed by atoms with Crippen molar-refractivity contribution in [3.05, 3.63) is 29.8 Å². The average Bonchev–Trinajstić information content (AvgIpc) is 2.34. The van der Waals surface area contributed by atoms with Crippen molar-refractivity contribution in [2.45, 2.75) is 32.2 Å². The molecule has 0 bridgehead atoms. The van der Waals surface area contributed by atoms with Gasteiger partial charge in [-0.2, -0.15) is 0 Å². The monoisotopic (exact) mass is 222 g/mol. The van der Waals surface area contributed by atoms with Crippen LogP contribution in [0.4, 0.5) is 0 Å². The van der Waals surface area contributed by atoms with Crippen LogP contribution in [-0.2, 0) is 0 Å². The number of rotatable bonds is 7. The Morgan fingerprint density at radius 1 is 1.31 bits per heavy atom. The molecule has 0 saturated carbocycles. The molecule has 0 aliphatic carbocycles. The highest BCUT2D eigenvalue weighted by Gasteiger charge is 2.04. The molecule has 0 saturated heterocycles. The molecule has 16 heavy (non-hydrogen) atoms. The maximum atomic E-state index is 5.86. The molecule has 0 spiro atoms. The first-order valence-electron chi connectivity index (χ1n) is 5.96. The molecule has 1 aromatic carbocycles. The summed E-state index contributed by atoms with van der Waals surface area (Å²) in [6.07, 6.45) is 3.52. The number of hydrogen-bond donors (Lipinski definition) is 2. The predicted octanol–water partition coefficient (Wildman–Crippen LogP) is 2.21. The summed E-state index contributed by atoms with van der Waals surface area (Å²) in [6, 6.07) is 7.78. The zero-order chi connectivity index (χ0) is 11.8. The molecule has 0 radical (unpaired) electrons. The van der Waals surface area contributed by atoms with Crippen LogP contribution in [0.3, 0.4) is 0 Å². The fraction of sp³-hybridized carbons (Fsp3) is 0.538. The van der Waals surface area contributed by atoms with Crippen molar-refractivity contribution in [1.82, 2.24) is 0 Å². The Kier molecular flexibility index (Phi) is 5.90. The van der Waals surface area contributed by atoms with Gasteiger partial charge in [-0.05, 0) is 24.1 Å². The molecule has 4 N–H and O–H groups in total. The van der Waals surface area contributed by atoms with Crippen LogP contribution in [0.2, 0.25) is 0 Å². The van der Waals surface area contributed by atoms with Gasteiger partial charge in [0.1, 0.15) is 5.75 Å². The number of benzene rings is 1. The number of hydrogen-bond acceptors (Lipinski definition) is 3. The van der Waals surface area contributed by atoms with Crippen LogP contribution >= 0.6 is 0 Å². The molecule has 3 nitrogen and oxygen atoms in total. The molecule has 0 heterocycles. The normalized spacial score (nSPS) is 12.4. The van der Waals surface area contributed by atoms with Gasteiger partial charge in [-0.15, -0.1) is 0 Å². The summed E-state index contributed by atoms with van der Waals surface area (Å²) in [7, 11) is 0. The summed E-state index contributed by atoms with van der Waals surface area (Å²) < 4.78 is 5.65. The highest BCUT2D eigenvalue weighted by atomic mass is 16.5. The summed E-state index contributed by atoms with van der Waals surface area (Å²) in [4.78, 5) is 0. The number of ether oxygens (including phenoxy) is 1. The van der Waals surface area contributed by atoms with Gasteiger partial charge < -0.3 is 16.2 Å². The minimum absolute atomic E-state index is 0.0980. The smallest absolute Gasteiger partial charge is 0.119 e. The first kappa shape index (κ1) is 13.0. The van der Waals surface area contributed by atoms with E-state index in [-0.39, 0.29) is 6.04 Å². The van der Waals surface area contributed by atoms with Crippen molar-refractivity contribution >= 4 is 0 Å². The van der Waals surface area contributed by atoms with E-state index in [0.29, 0.717) is 6.54 Å². The fourth-order valence-corrected chi connectivity index (χ4v) is 1.51. The molecule has 3 heteroatoms. The van der Waals surface area contributed by atoms with E-state index in [1.807, 2.05) is 24.3 Å². The van der Waals surface area contributed by atoms with Crippen LogP contribution in [0.25, 0.3) is 0 Å². The zero-order valence-electron chi connectivity index (χ0n) is 9.99. The summed E-state index contributed by atoms with van der Waals surface area (Å²) in [6.45, 7) is 3.41. The maximum Gasteiger partial charge on any atom is 0.119 e. The highest BCUT2D eigenvalue weighted by Crippen LogP contribution is 2.17. The first-order valence-corrected chi connectivity index (χ1v) is 5.96. The van der Waals surface area contributed by atoms with Crippen LogP contribution in [0.5, 0.6) is 5.75 Å². The Morgan fingerprint density at radius 2 is 2.12 bits per heavy atom. The van der Waals surface area contributed by atoms with Crippen LogP contribution in [0.1, 0.15) is 37.8 Å². The maximum absolute atomic E-state index is 5.86. The van der Waals surface area contributed by atoms with E-state index in [9.17, 15) is 0 Å². The van der Waals surface area contributed by atoms with Gasteiger partial charge in [0.15, 0.2) is 0 Å². The van der Waals surface area contributed by atoms with Gasteiger partial charge in [0.05, 0.1) is 6.61 Å². The van der Waals surface area contributed by atoms with Crippen molar-refractivity contribution in [3.8, 4) is 5.75 Å². The molecule has 0 aliphatic heterocycles. The Bertz CT molecular complexity index is 302. The fourth-order valence-electron chi connectivity index (χ4n) is 1.51. The van der Waals surface area contributed by atoms with Gasteiger partial charge in [-0.3, -0.25) is 0 Å². The Balaban J connectivity index is 2.47. The van der Waals surface area contributed by atoms with E-state index in [0.717, 1.165) is 24.3 Å². The summed E-state index contributed by atoms with van der Waals surface area (Å²) in [5.74, 6) is 0.887. The Labute approximate surface area is 97.8 Å². The van der Waals surface area contributed by atoms with Gasteiger partial charge in [-0.1, -0.05) is 31.9 Å². The van der Waals surface area contributed by atoms with E-state index in [2.05, 4.69) is 6.92 Å². The quantitative estimate of drug-likeness (QED) is 0.695. The third kappa shape index (κ3) is 4.21. The van der Waals surface area contributed by atoms with E-state index in [4.69, 9.17) is 16.2 Å². The topological polar surface area (TPSA) is 61.3 Å². The van der Waals surface area contributed by atoms with Crippen LogP contribution in [0, 0.1) is 0 Å². The minimum Gasteiger partial charge on any atom is -0.494 e. The van der Waals surface area contributed by atoms with Crippen molar-refractivity contribution in [2.75, 3.05) is 13.2 Å².